The predicted octanol–water partition coefficient (Wildman–Crippen LogP) is 4.15. The number of hydrogen-bond donors (Lipinski definition) is 2. The average Bonchev–Trinajstić information content (AvgIpc) is 3.41. The van der Waals surface area contributed by atoms with Gasteiger partial charge in [0.1, 0.15) is 11.4 Å². The molecule has 4 aromatic rings. The molecule has 2 N–H and O–H groups in total. The van der Waals surface area contributed by atoms with Gasteiger partial charge in [-0.3, -0.25) is 9.78 Å². The van der Waals surface area contributed by atoms with Gasteiger partial charge in [-0.15, -0.1) is 13.2 Å². The number of carbonyl (C=O) groups is 1. The fraction of sp³-hybridized carbons (Fsp3) is 0.286. The summed E-state index contributed by atoms with van der Waals surface area (Å²) in [7, 11) is 1.92. The summed E-state index contributed by atoms with van der Waals surface area (Å²) in [5.41, 5.74) is -0.0583. The number of aromatic nitrogens is 3. The number of hydrogen-bond acceptors (Lipinski definition) is 8. The number of carbonyl (C=O) groups excluding carboxylic acids is 1. The third-order valence-corrected chi connectivity index (χ3v) is 6.98. The largest absolute Gasteiger partial charge is 0.573 e. The van der Waals surface area contributed by atoms with Crippen molar-refractivity contribution >= 4 is 5.91 Å². The smallest absolute Gasteiger partial charge is 0.406 e. The second-order valence-corrected chi connectivity index (χ2v) is 10.1. The van der Waals surface area contributed by atoms with Crippen molar-refractivity contribution in [3.63, 3.8) is 0 Å². The van der Waals surface area contributed by atoms with E-state index in [1.54, 1.807) is 48.8 Å². The fourth-order valence-corrected chi connectivity index (χ4v) is 5.21. The quantitative estimate of drug-likeness (QED) is 0.335. The van der Waals surface area contributed by atoms with E-state index in [1.807, 2.05) is 18.9 Å². The van der Waals surface area contributed by atoms with Gasteiger partial charge in [-0.25, -0.2) is 0 Å². The molecule has 1 fully saturated rings. The summed E-state index contributed by atoms with van der Waals surface area (Å²) in [6, 6.07) is 15.6. The number of nitrogens with one attached hydrogen (secondary N) is 1. The van der Waals surface area contributed by atoms with Crippen LogP contribution in [0.3, 0.4) is 0 Å². The van der Waals surface area contributed by atoms with Crippen molar-refractivity contribution < 1.29 is 32.3 Å². The average molecular weight is 554 g/mol. The second kappa shape index (κ2) is 10.4. The van der Waals surface area contributed by atoms with Crippen LogP contribution in [0.1, 0.15) is 34.2 Å². The molecule has 0 unspecified atom stereocenters. The zero-order valence-corrected chi connectivity index (χ0v) is 21.6. The van der Waals surface area contributed by atoms with Crippen LogP contribution >= 0.6 is 0 Å². The van der Waals surface area contributed by atoms with Crippen LogP contribution in [-0.4, -0.2) is 57.5 Å². The van der Waals surface area contributed by atoms with Crippen LogP contribution in [0.5, 0.6) is 5.75 Å². The Kier molecular flexibility index (Phi) is 7.06. The minimum absolute atomic E-state index is 0.0723. The summed E-state index contributed by atoms with van der Waals surface area (Å²) < 4.78 is 47.4. The first-order valence-corrected chi connectivity index (χ1v) is 12.4. The molecule has 1 aliphatic heterocycles. The Balaban J connectivity index is 1.43. The van der Waals surface area contributed by atoms with Gasteiger partial charge in [-0.2, -0.15) is 4.98 Å². The monoisotopic (exact) mass is 553 g/mol. The van der Waals surface area contributed by atoms with E-state index in [4.69, 9.17) is 4.52 Å². The molecule has 5 rings (SSSR count). The Labute approximate surface area is 227 Å². The molecule has 12 heteroatoms. The third kappa shape index (κ3) is 5.40. The summed E-state index contributed by atoms with van der Waals surface area (Å²) in [5, 5.41) is 18.8. The maximum absolute atomic E-state index is 12.7. The first kappa shape index (κ1) is 27.3. The molecule has 40 heavy (non-hydrogen) atoms. The van der Waals surface area contributed by atoms with Crippen molar-refractivity contribution in [3.8, 4) is 17.2 Å². The maximum Gasteiger partial charge on any atom is 0.573 e. The van der Waals surface area contributed by atoms with Crippen molar-refractivity contribution in [2.24, 2.45) is 5.41 Å². The first-order valence-electron chi connectivity index (χ1n) is 12.4. The van der Waals surface area contributed by atoms with Crippen molar-refractivity contribution in [2.75, 3.05) is 20.1 Å². The molecule has 3 heterocycles. The number of amides is 1. The Morgan fingerprint density at radius 2 is 1.80 bits per heavy atom. The van der Waals surface area contributed by atoms with Gasteiger partial charge < -0.3 is 24.6 Å². The van der Waals surface area contributed by atoms with Crippen molar-refractivity contribution in [3.05, 3.63) is 95.6 Å². The molecule has 0 saturated carbocycles. The van der Waals surface area contributed by atoms with Crippen LogP contribution < -0.4 is 10.1 Å². The molecule has 1 atom stereocenters. The summed E-state index contributed by atoms with van der Waals surface area (Å²) in [6.07, 6.45) is -1.59. The summed E-state index contributed by atoms with van der Waals surface area (Å²) in [4.78, 5) is 22.8. The molecule has 1 aliphatic rings. The van der Waals surface area contributed by atoms with E-state index in [1.165, 1.54) is 24.3 Å². The van der Waals surface area contributed by atoms with Crippen LogP contribution in [0, 0.1) is 5.41 Å². The van der Waals surface area contributed by atoms with Gasteiger partial charge in [0.2, 0.25) is 0 Å². The molecule has 9 nitrogen and oxygen atoms in total. The molecule has 208 valence electrons. The zero-order chi connectivity index (χ0) is 28.5. The van der Waals surface area contributed by atoms with Gasteiger partial charge in [-0.05, 0) is 60.1 Å². The molecular formula is C28H26F3N5O4. The Morgan fingerprint density at radius 1 is 1.10 bits per heavy atom. The van der Waals surface area contributed by atoms with Crippen molar-refractivity contribution in [1.29, 1.82) is 0 Å². The zero-order valence-electron chi connectivity index (χ0n) is 21.6. The summed E-state index contributed by atoms with van der Waals surface area (Å²) >= 11 is 0. The number of pyridine rings is 1. The van der Waals surface area contributed by atoms with E-state index in [0.717, 1.165) is 5.56 Å². The molecular weight excluding hydrogens is 527 g/mol. The molecule has 0 spiro atoms. The van der Waals surface area contributed by atoms with E-state index in [9.17, 15) is 23.1 Å². The Hall–Kier alpha value is -4.29. The summed E-state index contributed by atoms with van der Waals surface area (Å²) in [5.74, 6) is -0.991. The van der Waals surface area contributed by atoms with Crippen LogP contribution in [-0.2, 0) is 12.1 Å². The molecule has 0 bridgehead atoms. The topological polar surface area (TPSA) is 114 Å². The highest BCUT2D eigenvalue weighted by atomic mass is 19.4. The third-order valence-electron chi connectivity index (χ3n) is 6.98. The van der Waals surface area contributed by atoms with Gasteiger partial charge in [0.25, 0.3) is 17.6 Å². The number of benzene rings is 2. The van der Waals surface area contributed by atoms with Crippen LogP contribution in [0.15, 0.2) is 77.6 Å². The minimum atomic E-state index is -4.83. The highest BCUT2D eigenvalue weighted by molar-refractivity contribution is 5.90. The number of alkyl halides is 3. The molecule has 1 amide bonds. The van der Waals surface area contributed by atoms with Gasteiger partial charge >= 0.3 is 6.36 Å². The van der Waals surface area contributed by atoms with E-state index in [-0.39, 0.29) is 24.0 Å². The second-order valence-electron chi connectivity index (χ2n) is 10.1. The van der Waals surface area contributed by atoms with E-state index in [2.05, 4.69) is 25.2 Å². The van der Waals surface area contributed by atoms with Gasteiger partial charge in [-0.1, -0.05) is 36.3 Å². The van der Waals surface area contributed by atoms with Gasteiger partial charge in [0, 0.05) is 43.0 Å². The molecule has 0 aliphatic carbocycles. The number of ether oxygens (including phenoxy) is 1. The molecule has 1 saturated heterocycles. The predicted molar refractivity (Wildman–Crippen MR) is 137 cm³/mol. The summed E-state index contributed by atoms with van der Waals surface area (Å²) in [6.45, 7) is 3.25. The lowest BCUT2D eigenvalue weighted by Crippen LogP contribution is -2.63. The van der Waals surface area contributed by atoms with Crippen LogP contribution in [0.4, 0.5) is 13.2 Å². The first-order chi connectivity index (χ1) is 19.0. The van der Waals surface area contributed by atoms with E-state index < -0.39 is 23.3 Å². The van der Waals surface area contributed by atoms with Crippen LogP contribution in [0.25, 0.3) is 11.5 Å². The highest BCUT2D eigenvalue weighted by Crippen LogP contribution is 2.50. The lowest BCUT2D eigenvalue weighted by atomic mass is 9.62. The molecule has 0 radical (unpaired) electrons. The van der Waals surface area contributed by atoms with Gasteiger partial charge in [0.05, 0.1) is 0 Å². The maximum atomic E-state index is 12.7. The van der Waals surface area contributed by atoms with E-state index >= 15 is 0 Å². The van der Waals surface area contributed by atoms with E-state index in [0.29, 0.717) is 29.8 Å². The number of likely N-dealkylation sites (tertiary alicyclic amines) is 1. The minimum Gasteiger partial charge on any atom is -0.406 e. The number of halogens is 3. The van der Waals surface area contributed by atoms with Crippen molar-refractivity contribution in [2.45, 2.75) is 25.4 Å². The highest BCUT2D eigenvalue weighted by Gasteiger charge is 2.55. The molecule has 2 aromatic heterocycles. The Morgan fingerprint density at radius 3 is 2.45 bits per heavy atom. The number of nitrogens with zero attached hydrogens (tertiary/aromatic N) is 4. The lowest BCUT2D eigenvalue weighted by molar-refractivity contribution is -0.274. The van der Waals surface area contributed by atoms with Gasteiger partial charge in [0.15, 0.2) is 0 Å². The standard InChI is InChI=1S/C28H26F3N5O4/c1-26(16-36(2)17-26)27(38,20-6-8-22(9-7-20)39-28(29,30)31)21-5-3-4-19(14-21)25-34-23(35-40-25)24(37)33-15-18-10-12-32-13-11-18/h3-14,38H,15-17H2,1-2H3,(H,33,37)/t27-/m0/s1. The number of aliphatic hydroxyl groups is 1. The molecule has 2 aromatic carbocycles. The van der Waals surface area contributed by atoms with Crippen LogP contribution in [0.2, 0.25) is 0 Å². The fourth-order valence-electron chi connectivity index (χ4n) is 5.21. The number of rotatable bonds is 8. The SMILES string of the molecule is CN1CC(C)([C@](O)(c2ccc(OC(F)(F)F)cc2)c2cccc(-c3nc(C(=O)NCc4ccncc4)no3)c2)C1. The van der Waals surface area contributed by atoms with Crippen molar-refractivity contribution in [1.82, 2.24) is 25.3 Å². The lowest BCUT2D eigenvalue weighted by Gasteiger charge is -2.56. The Bertz CT molecular complexity index is 1490. The normalized spacial score (nSPS) is 16.6.